The molecule has 0 radical (unpaired) electrons. The molecule has 0 spiro atoms. The number of nitrogens with zero attached hydrogens (tertiary/aromatic N) is 2. The molecular weight excluding hydrogens is 284 g/mol. The van der Waals surface area contributed by atoms with E-state index in [0.29, 0.717) is 11.6 Å². The molecule has 0 aromatic carbocycles. The molecule has 2 aromatic heterocycles. The van der Waals surface area contributed by atoms with Crippen LogP contribution in [-0.4, -0.2) is 15.6 Å². The maximum atomic E-state index is 5.92. The van der Waals surface area contributed by atoms with Crippen LogP contribution in [0.3, 0.4) is 0 Å². The van der Waals surface area contributed by atoms with Gasteiger partial charge in [0.1, 0.15) is 16.4 Å². The van der Waals surface area contributed by atoms with Crippen molar-refractivity contribution in [2.75, 3.05) is 11.1 Å². The summed E-state index contributed by atoms with van der Waals surface area (Å²) >= 11 is 1.68. The Morgan fingerprint density at radius 2 is 2.05 bits per heavy atom. The molecule has 2 aromatic rings. The average molecular weight is 306 g/mol. The van der Waals surface area contributed by atoms with Gasteiger partial charge in [0.15, 0.2) is 0 Å². The Labute approximate surface area is 129 Å². The van der Waals surface area contributed by atoms with E-state index in [-0.39, 0.29) is 11.6 Å². The monoisotopic (exact) mass is 306 g/mol. The first kappa shape index (κ1) is 15.6. The van der Waals surface area contributed by atoms with Crippen molar-refractivity contribution in [1.82, 2.24) is 9.97 Å². The maximum absolute atomic E-state index is 5.92. The Morgan fingerprint density at radius 3 is 2.62 bits per heavy atom. The van der Waals surface area contributed by atoms with Gasteiger partial charge in [0.25, 0.3) is 0 Å². The first-order valence-corrected chi connectivity index (χ1v) is 7.70. The molecule has 0 aliphatic rings. The quantitative estimate of drug-likeness (QED) is 0.899. The molecule has 0 bridgehead atoms. The molecule has 0 saturated carbocycles. The summed E-state index contributed by atoms with van der Waals surface area (Å²) in [6, 6.07) is 3.74. The summed E-state index contributed by atoms with van der Waals surface area (Å²) in [6.07, 6.45) is 1.88. The molecule has 5 nitrogen and oxygen atoms in total. The molecule has 2 heterocycles. The Bertz CT molecular complexity index is 618. The number of aromatic nitrogens is 2. The van der Waals surface area contributed by atoms with Crippen LogP contribution < -0.4 is 15.8 Å². The van der Waals surface area contributed by atoms with Crippen LogP contribution in [0, 0.1) is 6.92 Å². The molecule has 0 fully saturated rings. The van der Waals surface area contributed by atoms with E-state index in [1.165, 1.54) is 4.88 Å². The third kappa shape index (κ3) is 4.32. The maximum Gasteiger partial charge on any atom is 0.239 e. The lowest BCUT2D eigenvalue weighted by Crippen LogP contribution is -2.24. The fraction of sp³-hybridized carbons (Fsp3) is 0.467. The normalized spacial score (nSPS) is 13.0. The number of thiazole rings is 1. The Hall–Kier alpha value is -1.82. The third-order valence-electron chi connectivity index (χ3n) is 2.67. The number of nitrogen functional groups attached to an aromatic ring is 1. The SMILES string of the molecule is Cc1cnc(C(C)Nc2ccc(N)c(OC(C)(C)C)n2)s1. The van der Waals surface area contributed by atoms with Crippen molar-refractivity contribution in [1.29, 1.82) is 0 Å². The van der Waals surface area contributed by atoms with Crippen LogP contribution in [0.15, 0.2) is 18.3 Å². The zero-order valence-corrected chi connectivity index (χ0v) is 13.9. The number of anilines is 2. The molecule has 2 rings (SSSR count). The summed E-state index contributed by atoms with van der Waals surface area (Å²) in [6.45, 7) is 10.0. The fourth-order valence-electron chi connectivity index (χ4n) is 1.76. The van der Waals surface area contributed by atoms with E-state index in [9.17, 15) is 0 Å². The highest BCUT2D eigenvalue weighted by Crippen LogP contribution is 2.27. The number of hydrogen-bond acceptors (Lipinski definition) is 6. The van der Waals surface area contributed by atoms with Crippen LogP contribution in [0.1, 0.15) is 43.6 Å². The Kier molecular flexibility index (Phi) is 4.37. The second-order valence-corrected chi connectivity index (χ2v) is 7.25. The van der Waals surface area contributed by atoms with E-state index in [1.54, 1.807) is 17.4 Å². The van der Waals surface area contributed by atoms with E-state index in [0.717, 1.165) is 10.8 Å². The van der Waals surface area contributed by atoms with Gasteiger partial charge in [0.2, 0.25) is 5.88 Å². The van der Waals surface area contributed by atoms with Gasteiger partial charge in [-0.2, -0.15) is 4.98 Å². The van der Waals surface area contributed by atoms with Gasteiger partial charge < -0.3 is 15.8 Å². The fourth-order valence-corrected chi connectivity index (χ4v) is 2.54. The molecule has 114 valence electrons. The number of nitrogens with one attached hydrogen (secondary N) is 1. The molecule has 1 atom stereocenters. The first-order chi connectivity index (χ1) is 9.74. The minimum Gasteiger partial charge on any atom is -0.470 e. The zero-order valence-electron chi connectivity index (χ0n) is 13.1. The molecule has 6 heteroatoms. The third-order valence-corrected chi connectivity index (χ3v) is 3.76. The standard InChI is InChI=1S/C15H22N4OS/c1-9-8-17-14(21-9)10(2)18-12-7-6-11(16)13(19-12)20-15(3,4)5/h6-8,10H,16H2,1-5H3,(H,18,19). The largest absolute Gasteiger partial charge is 0.470 e. The number of ether oxygens (including phenoxy) is 1. The van der Waals surface area contributed by atoms with Gasteiger partial charge in [-0.1, -0.05) is 0 Å². The molecule has 0 saturated heterocycles. The van der Waals surface area contributed by atoms with Crippen molar-refractivity contribution in [3.05, 3.63) is 28.2 Å². The Morgan fingerprint density at radius 1 is 1.33 bits per heavy atom. The summed E-state index contributed by atoms with van der Waals surface area (Å²) in [4.78, 5) is 10.0. The number of aryl methyl sites for hydroxylation is 1. The van der Waals surface area contributed by atoms with Gasteiger partial charge in [-0.25, -0.2) is 4.98 Å². The van der Waals surface area contributed by atoms with E-state index in [1.807, 2.05) is 40.0 Å². The first-order valence-electron chi connectivity index (χ1n) is 6.89. The van der Waals surface area contributed by atoms with Crippen LogP contribution in [-0.2, 0) is 0 Å². The van der Waals surface area contributed by atoms with Crippen molar-refractivity contribution in [3.63, 3.8) is 0 Å². The van der Waals surface area contributed by atoms with Crippen LogP contribution in [0.2, 0.25) is 0 Å². The Balaban J connectivity index is 2.15. The molecule has 0 aliphatic heterocycles. The van der Waals surface area contributed by atoms with Gasteiger partial charge >= 0.3 is 0 Å². The van der Waals surface area contributed by atoms with E-state index < -0.39 is 0 Å². The molecule has 1 unspecified atom stereocenters. The van der Waals surface area contributed by atoms with Gasteiger partial charge in [-0.05, 0) is 46.8 Å². The minimum atomic E-state index is -0.336. The van der Waals surface area contributed by atoms with Crippen LogP contribution in [0.4, 0.5) is 11.5 Å². The lowest BCUT2D eigenvalue weighted by molar-refractivity contribution is 0.125. The lowest BCUT2D eigenvalue weighted by Gasteiger charge is -2.22. The highest BCUT2D eigenvalue weighted by atomic mass is 32.1. The number of rotatable bonds is 4. The molecule has 21 heavy (non-hydrogen) atoms. The highest BCUT2D eigenvalue weighted by molar-refractivity contribution is 7.11. The topological polar surface area (TPSA) is 73.1 Å². The van der Waals surface area contributed by atoms with Crippen molar-refractivity contribution in [2.45, 2.75) is 46.3 Å². The van der Waals surface area contributed by atoms with Crippen LogP contribution >= 0.6 is 11.3 Å². The minimum absolute atomic E-state index is 0.0855. The van der Waals surface area contributed by atoms with Gasteiger partial charge in [-0.3, -0.25) is 0 Å². The van der Waals surface area contributed by atoms with Crippen LogP contribution in [0.25, 0.3) is 0 Å². The molecule has 0 amide bonds. The number of pyridine rings is 1. The van der Waals surface area contributed by atoms with Crippen molar-refractivity contribution in [2.24, 2.45) is 0 Å². The van der Waals surface area contributed by atoms with Crippen molar-refractivity contribution >= 4 is 22.8 Å². The summed E-state index contributed by atoms with van der Waals surface area (Å²) in [7, 11) is 0. The van der Waals surface area contributed by atoms with Gasteiger partial charge in [0.05, 0.1) is 11.7 Å². The molecular formula is C15H22N4OS. The van der Waals surface area contributed by atoms with Crippen molar-refractivity contribution < 1.29 is 4.74 Å². The predicted octanol–water partition coefficient (Wildman–Crippen LogP) is 3.78. The summed E-state index contributed by atoms with van der Waals surface area (Å²) in [5, 5.41) is 4.36. The smallest absolute Gasteiger partial charge is 0.239 e. The van der Waals surface area contributed by atoms with Crippen molar-refractivity contribution in [3.8, 4) is 5.88 Å². The summed E-state index contributed by atoms with van der Waals surface area (Å²) in [5.41, 5.74) is 6.12. The van der Waals surface area contributed by atoms with Crippen LogP contribution in [0.5, 0.6) is 5.88 Å². The summed E-state index contributed by atoms with van der Waals surface area (Å²) < 4.78 is 5.78. The van der Waals surface area contributed by atoms with E-state index >= 15 is 0 Å². The second-order valence-electron chi connectivity index (χ2n) is 5.98. The number of hydrogen-bond donors (Lipinski definition) is 2. The predicted molar refractivity (Wildman–Crippen MR) is 87.9 cm³/mol. The van der Waals surface area contributed by atoms with E-state index in [4.69, 9.17) is 10.5 Å². The summed E-state index contributed by atoms with van der Waals surface area (Å²) in [5.74, 6) is 1.18. The highest BCUT2D eigenvalue weighted by Gasteiger charge is 2.16. The van der Waals surface area contributed by atoms with E-state index in [2.05, 4.69) is 22.2 Å². The van der Waals surface area contributed by atoms with Gasteiger partial charge in [0, 0.05) is 11.1 Å². The second kappa shape index (κ2) is 5.89. The molecule has 0 aliphatic carbocycles. The van der Waals surface area contributed by atoms with Gasteiger partial charge in [-0.15, -0.1) is 11.3 Å². The average Bonchev–Trinajstić information content (AvgIpc) is 2.78. The number of nitrogens with two attached hydrogens (primary N) is 1. The lowest BCUT2D eigenvalue weighted by atomic mass is 10.2. The molecule has 3 N–H and O–H groups in total. The zero-order chi connectivity index (χ0) is 15.6.